The number of carbonyl (C=O) groups is 1. The smallest absolute Gasteiger partial charge is 0.329 e. The van der Waals surface area contributed by atoms with E-state index in [1.54, 1.807) is 6.20 Å². The van der Waals surface area contributed by atoms with Crippen LogP contribution in [-0.4, -0.2) is 46.6 Å². The Morgan fingerprint density at radius 3 is 2.95 bits per heavy atom. The number of aliphatic carboxylic acids is 1. The first-order valence-electron chi connectivity index (χ1n) is 6.39. The highest BCUT2D eigenvalue weighted by atomic mass is 16.5. The Morgan fingerprint density at radius 2 is 2.20 bits per heavy atom. The second-order valence-corrected chi connectivity index (χ2v) is 5.24. The SMILES string of the molecule is CC1(OCC(=O)O)CN(c2cnnc3ccccc23)C1. The number of ether oxygens (including phenoxy) is 1. The van der Waals surface area contributed by atoms with Crippen LogP contribution in [0.4, 0.5) is 5.69 Å². The fourth-order valence-electron chi connectivity index (χ4n) is 2.50. The van der Waals surface area contributed by atoms with Crippen molar-refractivity contribution >= 4 is 22.6 Å². The fourth-order valence-corrected chi connectivity index (χ4v) is 2.50. The molecule has 0 unspecified atom stereocenters. The number of nitrogens with zero attached hydrogens (tertiary/aromatic N) is 3. The maximum Gasteiger partial charge on any atom is 0.329 e. The monoisotopic (exact) mass is 273 g/mol. The number of aromatic nitrogens is 2. The predicted octanol–water partition coefficient (Wildman–Crippen LogP) is 1.31. The summed E-state index contributed by atoms with van der Waals surface area (Å²) >= 11 is 0. The summed E-state index contributed by atoms with van der Waals surface area (Å²) in [5.74, 6) is -0.944. The molecule has 0 radical (unpaired) electrons. The fraction of sp³-hybridized carbons (Fsp3) is 0.357. The van der Waals surface area contributed by atoms with Crippen molar-refractivity contribution in [3.63, 3.8) is 0 Å². The quantitative estimate of drug-likeness (QED) is 0.905. The number of carboxylic acids is 1. The third-order valence-corrected chi connectivity index (χ3v) is 3.46. The molecule has 1 aromatic heterocycles. The Morgan fingerprint density at radius 1 is 1.45 bits per heavy atom. The lowest BCUT2D eigenvalue weighted by atomic mass is 9.95. The average molecular weight is 273 g/mol. The minimum Gasteiger partial charge on any atom is -0.480 e. The Kier molecular flexibility index (Phi) is 3.02. The van der Waals surface area contributed by atoms with Gasteiger partial charge in [0.25, 0.3) is 0 Å². The summed E-state index contributed by atoms with van der Waals surface area (Å²) in [7, 11) is 0. The Hall–Kier alpha value is -2.21. The van der Waals surface area contributed by atoms with Crippen molar-refractivity contribution in [1.82, 2.24) is 10.2 Å². The molecule has 1 aromatic carbocycles. The molecule has 0 bridgehead atoms. The summed E-state index contributed by atoms with van der Waals surface area (Å²) in [5, 5.41) is 17.8. The molecule has 1 aliphatic rings. The van der Waals surface area contributed by atoms with Gasteiger partial charge in [-0.3, -0.25) is 0 Å². The van der Waals surface area contributed by atoms with Crippen molar-refractivity contribution in [2.75, 3.05) is 24.6 Å². The minimum absolute atomic E-state index is 0.264. The average Bonchev–Trinajstić information content (AvgIpc) is 2.41. The van der Waals surface area contributed by atoms with Crippen molar-refractivity contribution in [3.05, 3.63) is 30.5 Å². The molecule has 104 valence electrons. The third-order valence-electron chi connectivity index (χ3n) is 3.46. The molecule has 2 aromatic rings. The zero-order valence-corrected chi connectivity index (χ0v) is 11.1. The first-order valence-corrected chi connectivity index (χ1v) is 6.39. The van der Waals surface area contributed by atoms with Gasteiger partial charge in [-0.25, -0.2) is 4.79 Å². The highest BCUT2D eigenvalue weighted by molar-refractivity contribution is 5.91. The zero-order valence-electron chi connectivity index (χ0n) is 11.1. The number of benzene rings is 1. The minimum atomic E-state index is -0.944. The summed E-state index contributed by atoms with van der Waals surface area (Å²) in [6, 6.07) is 7.82. The van der Waals surface area contributed by atoms with Gasteiger partial charge < -0.3 is 14.7 Å². The van der Waals surface area contributed by atoms with E-state index in [-0.39, 0.29) is 6.61 Å². The van der Waals surface area contributed by atoms with Crippen LogP contribution in [0.2, 0.25) is 0 Å². The van der Waals surface area contributed by atoms with E-state index < -0.39 is 11.6 Å². The van der Waals surface area contributed by atoms with Crippen molar-refractivity contribution in [3.8, 4) is 0 Å². The topological polar surface area (TPSA) is 75.6 Å². The maximum absolute atomic E-state index is 10.6. The van der Waals surface area contributed by atoms with Crippen LogP contribution in [0.1, 0.15) is 6.92 Å². The van der Waals surface area contributed by atoms with E-state index in [9.17, 15) is 4.79 Å². The van der Waals surface area contributed by atoms with Gasteiger partial charge in [0.2, 0.25) is 0 Å². The first-order chi connectivity index (χ1) is 9.57. The van der Waals surface area contributed by atoms with Gasteiger partial charge in [0.1, 0.15) is 12.2 Å². The molecule has 1 aliphatic heterocycles. The Bertz CT molecular complexity index is 648. The van der Waals surface area contributed by atoms with Crippen molar-refractivity contribution in [2.24, 2.45) is 0 Å². The van der Waals surface area contributed by atoms with Crippen LogP contribution in [-0.2, 0) is 9.53 Å². The summed E-state index contributed by atoms with van der Waals surface area (Å²) in [5.41, 5.74) is 1.44. The van der Waals surface area contributed by atoms with E-state index in [1.807, 2.05) is 31.2 Å². The lowest BCUT2D eigenvalue weighted by Crippen LogP contribution is -2.62. The molecule has 1 N–H and O–H groups in total. The molecule has 0 aliphatic carbocycles. The van der Waals surface area contributed by atoms with Crippen LogP contribution in [0, 0.1) is 0 Å². The van der Waals surface area contributed by atoms with Gasteiger partial charge in [0.05, 0.1) is 17.4 Å². The Balaban J connectivity index is 1.77. The van der Waals surface area contributed by atoms with Crippen LogP contribution in [0.5, 0.6) is 0 Å². The Labute approximate surface area is 116 Å². The number of hydrogen-bond donors (Lipinski definition) is 1. The third kappa shape index (κ3) is 2.30. The molecule has 0 spiro atoms. The number of fused-ring (bicyclic) bond motifs is 1. The molecule has 6 nitrogen and oxygen atoms in total. The molecular weight excluding hydrogens is 258 g/mol. The molecular formula is C14H15N3O3. The second kappa shape index (κ2) is 4.72. The van der Waals surface area contributed by atoms with Crippen LogP contribution in [0.15, 0.2) is 30.5 Å². The van der Waals surface area contributed by atoms with Gasteiger partial charge in [-0.05, 0) is 13.0 Å². The van der Waals surface area contributed by atoms with Crippen molar-refractivity contribution < 1.29 is 14.6 Å². The van der Waals surface area contributed by atoms with E-state index in [0.29, 0.717) is 13.1 Å². The van der Waals surface area contributed by atoms with Crippen LogP contribution in [0.3, 0.4) is 0 Å². The number of rotatable bonds is 4. The normalized spacial score (nSPS) is 16.9. The lowest BCUT2D eigenvalue weighted by Gasteiger charge is -2.48. The molecule has 3 rings (SSSR count). The van der Waals surface area contributed by atoms with Gasteiger partial charge in [-0.15, -0.1) is 0 Å². The second-order valence-electron chi connectivity index (χ2n) is 5.24. The molecule has 0 atom stereocenters. The molecule has 20 heavy (non-hydrogen) atoms. The summed E-state index contributed by atoms with van der Waals surface area (Å²) in [4.78, 5) is 12.7. The first kappa shape index (κ1) is 12.8. The van der Waals surface area contributed by atoms with Gasteiger partial charge in [-0.2, -0.15) is 10.2 Å². The van der Waals surface area contributed by atoms with E-state index in [2.05, 4.69) is 15.1 Å². The molecule has 0 amide bonds. The van der Waals surface area contributed by atoms with E-state index in [0.717, 1.165) is 16.6 Å². The van der Waals surface area contributed by atoms with E-state index >= 15 is 0 Å². The van der Waals surface area contributed by atoms with Gasteiger partial charge in [0, 0.05) is 18.5 Å². The zero-order chi connectivity index (χ0) is 14.2. The van der Waals surface area contributed by atoms with Crippen LogP contribution in [0.25, 0.3) is 10.9 Å². The molecule has 1 saturated heterocycles. The maximum atomic E-state index is 10.6. The summed E-state index contributed by atoms with van der Waals surface area (Å²) < 4.78 is 5.41. The van der Waals surface area contributed by atoms with E-state index in [1.165, 1.54) is 0 Å². The largest absolute Gasteiger partial charge is 0.480 e. The number of carboxylic acid groups (broad SMARTS) is 1. The van der Waals surface area contributed by atoms with Crippen LogP contribution < -0.4 is 4.90 Å². The molecule has 1 fully saturated rings. The lowest BCUT2D eigenvalue weighted by molar-refractivity contribution is -0.150. The standard InChI is InChI=1S/C14H15N3O3/c1-14(20-7-13(18)19)8-17(9-14)12-6-15-16-11-5-3-2-4-10(11)12/h2-6H,7-9H2,1H3,(H,18,19). The summed E-state index contributed by atoms with van der Waals surface area (Å²) in [6.45, 7) is 2.95. The highest BCUT2D eigenvalue weighted by Gasteiger charge is 2.41. The number of anilines is 1. The molecule has 2 heterocycles. The van der Waals surface area contributed by atoms with Gasteiger partial charge in [-0.1, -0.05) is 18.2 Å². The van der Waals surface area contributed by atoms with E-state index in [4.69, 9.17) is 9.84 Å². The van der Waals surface area contributed by atoms with Gasteiger partial charge >= 0.3 is 5.97 Å². The van der Waals surface area contributed by atoms with Crippen LogP contribution >= 0.6 is 0 Å². The highest BCUT2D eigenvalue weighted by Crippen LogP contribution is 2.33. The molecule has 6 heteroatoms. The molecule has 0 saturated carbocycles. The van der Waals surface area contributed by atoms with Crippen molar-refractivity contribution in [1.29, 1.82) is 0 Å². The predicted molar refractivity (Wildman–Crippen MR) is 73.7 cm³/mol. The number of hydrogen-bond acceptors (Lipinski definition) is 5. The van der Waals surface area contributed by atoms with Crippen molar-refractivity contribution in [2.45, 2.75) is 12.5 Å². The summed E-state index contributed by atoms with van der Waals surface area (Å²) in [6.07, 6.45) is 1.74. The van der Waals surface area contributed by atoms with Gasteiger partial charge in [0.15, 0.2) is 0 Å².